The van der Waals surface area contributed by atoms with Gasteiger partial charge in [-0.1, -0.05) is 45.3 Å². The van der Waals surface area contributed by atoms with Gasteiger partial charge < -0.3 is 9.84 Å². The van der Waals surface area contributed by atoms with E-state index in [1.165, 1.54) is 19.3 Å². The largest absolute Gasteiger partial charge is 0.436 e. The maximum atomic E-state index is 10.9. The molecule has 0 heterocycles. The van der Waals surface area contributed by atoms with E-state index in [-0.39, 0.29) is 5.97 Å². The molecule has 0 amide bonds. The standard InChI is InChI=1S/C15H28O3/c1-3-5-6-7-8-9-10-11-12-13-15(17)18-14(16)4-2/h7-8,15,17H,3-6,9-13H2,1-2H3/b8-7-. The summed E-state index contributed by atoms with van der Waals surface area (Å²) in [5, 5.41) is 9.39. The lowest BCUT2D eigenvalue weighted by atomic mass is 10.1. The van der Waals surface area contributed by atoms with Gasteiger partial charge in [0.1, 0.15) is 0 Å². The molecule has 106 valence electrons. The van der Waals surface area contributed by atoms with Crippen molar-refractivity contribution in [2.24, 2.45) is 0 Å². The quantitative estimate of drug-likeness (QED) is 0.263. The molecule has 3 nitrogen and oxygen atoms in total. The average Bonchev–Trinajstić information content (AvgIpc) is 2.36. The van der Waals surface area contributed by atoms with Gasteiger partial charge in [0, 0.05) is 12.8 Å². The normalized spacial score (nSPS) is 12.8. The Kier molecular flexibility index (Phi) is 12.0. The van der Waals surface area contributed by atoms with Crippen LogP contribution in [0.15, 0.2) is 12.2 Å². The van der Waals surface area contributed by atoms with Gasteiger partial charge in [-0.2, -0.15) is 0 Å². The molecule has 0 bridgehead atoms. The Morgan fingerprint density at radius 3 is 2.39 bits per heavy atom. The maximum Gasteiger partial charge on any atom is 0.307 e. The van der Waals surface area contributed by atoms with Crippen molar-refractivity contribution in [3.8, 4) is 0 Å². The van der Waals surface area contributed by atoms with Crippen LogP contribution in [-0.2, 0) is 9.53 Å². The topological polar surface area (TPSA) is 46.5 Å². The summed E-state index contributed by atoms with van der Waals surface area (Å²) in [6, 6.07) is 0. The minimum Gasteiger partial charge on any atom is -0.436 e. The molecule has 0 saturated heterocycles. The van der Waals surface area contributed by atoms with Gasteiger partial charge in [0.2, 0.25) is 6.29 Å². The number of aliphatic hydroxyl groups excluding tert-OH is 1. The van der Waals surface area contributed by atoms with E-state index < -0.39 is 6.29 Å². The van der Waals surface area contributed by atoms with Crippen molar-refractivity contribution >= 4 is 5.97 Å². The Balaban J connectivity index is 3.29. The number of unbranched alkanes of at least 4 members (excludes halogenated alkanes) is 5. The summed E-state index contributed by atoms with van der Waals surface area (Å²) in [4.78, 5) is 10.9. The van der Waals surface area contributed by atoms with E-state index in [9.17, 15) is 9.90 Å². The molecule has 1 atom stereocenters. The Bertz CT molecular complexity index is 224. The van der Waals surface area contributed by atoms with Gasteiger partial charge in [0.25, 0.3) is 0 Å². The average molecular weight is 256 g/mol. The van der Waals surface area contributed by atoms with Crippen LogP contribution < -0.4 is 0 Å². The fraction of sp³-hybridized carbons (Fsp3) is 0.800. The van der Waals surface area contributed by atoms with Crippen LogP contribution in [0.25, 0.3) is 0 Å². The molecule has 1 N–H and O–H groups in total. The Morgan fingerprint density at radius 2 is 1.78 bits per heavy atom. The van der Waals surface area contributed by atoms with Gasteiger partial charge in [-0.3, -0.25) is 4.79 Å². The van der Waals surface area contributed by atoms with Crippen LogP contribution in [0, 0.1) is 0 Å². The minimum atomic E-state index is -0.919. The van der Waals surface area contributed by atoms with Crippen LogP contribution in [0.5, 0.6) is 0 Å². The first-order valence-electron chi connectivity index (χ1n) is 7.23. The zero-order valence-corrected chi connectivity index (χ0v) is 11.9. The molecule has 0 saturated carbocycles. The second kappa shape index (κ2) is 12.6. The summed E-state index contributed by atoms with van der Waals surface area (Å²) in [6.45, 7) is 3.92. The molecular formula is C15H28O3. The van der Waals surface area contributed by atoms with E-state index in [4.69, 9.17) is 4.74 Å². The highest BCUT2D eigenvalue weighted by Gasteiger charge is 2.07. The van der Waals surface area contributed by atoms with Crippen molar-refractivity contribution in [3.63, 3.8) is 0 Å². The highest BCUT2D eigenvalue weighted by atomic mass is 16.6. The molecule has 0 aromatic rings. The first-order chi connectivity index (χ1) is 8.70. The number of aliphatic hydroxyl groups is 1. The number of carbonyl (C=O) groups excluding carboxylic acids is 1. The van der Waals surface area contributed by atoms with Gasteiger partial charge >= 0.3 is 5.97 Å². The SMILES string of the molecule is CCCC/C=C\CCCCCC(O)OC(=O)CC. The van der Waals surface area contributed by atoms with Gasteiger partial charge in [0.05, 0.1) is 0 Å². The molecule has 0 radical (unpaired) electrons. The highest BCUT2D eigenvalue weighted by molar-refractivity contribution is 5.68. The lowest BCUT2D eigenvalue weighted by molar-refractivity contribution is -0.168. The van der Waals surface area contributed by atoms with E-state index in [1.807, 2.05) is 0 Å². The predicted octanol–water partition coefficient (Wildman–Crippen LogP) is 3.95. The smallest absolute Gasteiger partial charge is 0.307 e. The van der Waals surface area contributed by atoms with Gasteiger partial charge in [0.15, 0.2) is 0 Å². The van der Waals surface area contributed by atoms with Crippen molar-refractivity contribution in [1.82, 2.24) is 0 Å². The van der Waals surface area contributed by atoms with Crippen molar-refractivity contribution in [2.45, 2.75) is 77.9 Å². The Labute approximate surface area is 111 Å². The molecule has 3 heteroatoms. The number of hydrogen-bond donors (Lipinski definition) is 1. The molecule has 1 unspecified atom stereocenters. The highest BCUT2D eigenvalue weighted by Crippen LogP contribution is 2.08. The molecule has 0 aliphatic rings. The summed E-state index contributed by atoms with van der Waals surface area (Å²) in [5.41, 5.74) is 0. The Morgan fingerprint density at radius 1 is 1.11 bits per heavy atom. The van der Waals surface area contributed by atoms with Crippen LogP contribution in [-0.4, -0.2) is 17.4 Å². The second-order valence-corrected chi connectivity index (χ2v) is 4.55. The zero-order chi connectivity index (χ0) is 13.6. The molecule has 0 aromatic heterocycles. The van der Waals surface area contributed by atoms with E-state index in [0.717, 1.165) is 25.7 Å². The molecule has 0 spiro atoms. The molecule has 0 aliphatic heterocycles. The summed E-state index contributed by atoms with van der Waals surface area (Å²) >= 11 is 0. The monoisotopic (exact) mass is 256 g/mol. The van der Waals surface area contributed by atoms with Crippen LogP contribution in [0.4, 0.5) is 0 Å². The van der Waals surface area contributed by atoms with Gasteiger partial charge in [-0.25, -0.2) is 0 Å². The number of allylic oxidation sites excluding steroid dienone is 2. The molecule has 18 heavy (non-hydrogen) atoms. The van der Waals surface area contributed by atoms with Crippen LogP contribution in [0.2, 0.25) is 0 Å². The third-order valence-corrected chi connectivity index (χ3v) is 2.77. The lowest BCUT2D eigenvalue weighted by Gasteiger charge is -2.10. The van der Waals surface area contributed by atoms with Crippen molar-refractivity contribution in [3.05, 3.63) is 12.2 Å². The minimum absolute atomic E-state index is 0.319. The summed E-state index contributed by atoms with van der Waals surface area (Å²) in [7, 11) is 0. The molecular weight excluding hydrogens is 228 g/mol. The number of carbonyl (C=O) groups is 1. The number of esters is 1. The van der Waals surface area contributed by atoms with E-state index in [0.29, 0.717) is 12.8 Å². The molecule has 0 fully saturated rings. The first kappa shape index (κ1) is 17.2. The molecule has 0 aromatic carbocycles. The summed E-state index contributed by atoms with van der Waals surface area (Å²) in [6.07, 6.45) is 12.4. The maximum absolute atomic E-state index is 10.9. The lowest BCUT2D eigenvalue weighted by Crippen LogP contribution is -2.16. The van der Waals surface area contributed by atoms with E-state index in [2.05, 4.69) is 19.1 Å². The zero-order valence-electron chi connectivity index (χ0n) is 11.9. The fourth-order valence-corrected chi connectivity index (χ4v) is 1.61. The number of ether oxygens (including phenoxy) is 1. The predicted molar refractivity (Wildman–Crippen MR) is 74.1 cm³/mol. The van der Waals surface area contributed by atoms with Crippen molar-refractivity contribution in [1.29, 1.82) is 0 Å². The Hall–Kier alpha value is -0.830. The van der Waals surface area contributed by atoms with Crippen LogP contribution >= 0.6 is 0 Å². The third kappa shape index (κ3) is 11.6. The van der Waals surface area contributed by atoms with E-state index >= 15 is 0 Å². The van der Waals surface area contributed by atoms with Crippen LogP contribution in [0.1, 0.15) is 71.6 Å². The van der Waals surface area contributed by atoms with E-state index in [1.54, 1.807) is 6.92 Å². The van der Waals surface area contributed by atoms with Crippen molar-refractivity contribution < 1.29 is 14.6 Å². The summed E-state index contributed by atoms with van der Waals surface area (Å²) in [5.74, 6) is -0.332. The van der Waals surface area contributed by atoms with Gasteiger partial charge in [-0.05, 0) is 25.7 Å². The first-order valence-corrected chi connectivity index (χ1v) is 7.23. The van der Waals surface area contributed by atoms with Crippen molar-refractivity contribution in [2.75, 3.05) is 0 Å². The second-order valence-electron chi connectivity index (χ2n) is 4.55. The third-order valence-electron chi connectivity index (χ3n) is 2.77. The van der Waals surface area contributed by atoms with Gasteiger partial charge in [-0.15, -0.1) is 0 Å². The number of rotatable bonds is 11. The van der Waals surface area contributed by atoms with Crippen LogP contribution in [0.3, 0.4) is 0 Å². The fourth-order valence-electron chi connectivity index (χ4n) is 1.61. The molecule has 0 rings (SSSR count). The summed E-state index contributed by atoms with van der Waals surface area (Å²) < 4.78 is 4.77. The molecule has 0 aliphatic carbocycles. The number of hydrogen-bond acceptors (Lipinski definition) is 3.